The normalized spacial score (nSPS) is 22.3. The van der Waals surface area contributed by atoms with Gasteiger partial charge in [0.25, 0.3) is 0 Å². The second-order valence-electron chi connectivity index (χ2n) is 7.93. The predicted octanol–water partition coefficient (Wildman–Crippen LogP) is 2.16. The number of benzene rings is 1. The summed E-state index contributed by atoms with van der Waals surface area (Å²) in [6, 6.07) is 8.39. The molecule has 2 saturated heterocycles. The van der Waals surface area contributed by atoms with Crippen LogP contribution in [-0.2, 0) is 20.9 Å². The largest absolute Gasteiger partial charge is 0.481 e. The Hall–Kier alpha value is -1.92. The zero-order valence-electron chi connectivity index (χ0n) is 16.3. The lowest BCUT2D eigenvalue weighted by molar-refractivity contribution is -0.147. The van der Waals surface area contributed by atoms with E-state index >= 15 is 0 Å². The maximum atomic E-state index is 12.2. The van der Waals surface area contributed by atoms with Crippen molar-refractivity contribution in [2.45, 2.75) is 33.2 Å². The van der Waals surface area contributed by atoms with Crippen molar-refractivity contribution >= 4 is 11.9 Å². The number of carboxylic acid groups (broad SMARTS) is 1. The second kappa shape index (κ2) is 8.40. The van der Waals surface area contributed by atoms with Gasteiger partial charge in [-0.1, -0.05) is 29.8 Å². The second-order valence-corrected chi connectivity index (χ2v) is 7.93. The van der Waals surface area contributed by atoms with Crippen LogP contribution in [0.2, 0.25) is 0 Å². The van der Waals surface area contributed by atoms with Crippen molar-refractivity contribution in [2.24, 2.45) is 11.3 Å². The zero-order valence-corrected chi connectivity index (χ0v) is 16.3. The average molecular weight is 374 g/mol. The molecule has 1 unspecified atom stereocenters. The third-order valence-electron chi connectivity index (χ3n) is 6.05. The molecule has 1 atom stereocenters. The SMILES string of the molecule is CCOCC(=O)N1CCC2(CC1)CN(Cc1cccc(C)c1)CC2C(=O)O. The monoisotopic (exact) mass is 374 g/mol. The molecule has 27 heavy (non-hydrogen) atoms. The van der Waals surface area contributed by atoms with E-state index in [1.807, 2.05) is 17.9 Å². The van der Waals surface area contributed by atoms with Crippen LogP contribution in [0.4, 0.5) is 0 Å². The molecule has 1 aromatic carbocycles. The Balaban J connectivity index is 1.65. The molecule has 6 heteroatoms. The molecule has 148 valence electrons. The molecule has 6 nitrogen and oxygen atoms in total. The van der Waals surface area contributed by atoms with Crippen molar-refractivity contribution in [1.82, 2.24) is 9.80 Å². The van der Waals surface area contributed by atoms with E-state index in [0.29, 0.717) is 26.2 Å². The van der Waals surface area contributed by atoms with Gasteiger partial charge in [-0.2, -0.15) is 0 Å². The number of carbonyl (C=O) groups is 2. The zero-order chi connectivity index (χ0) is 19.4. The molecule has 1 aromatic rings. The van der Waals surface area contributed by atoms with Crippen LogP contribution in [0.1, 0.15) is 30.9 Å². The first-order chi connectivity index (χ1) is 12.9. The van der Waals surface area contributed by atoms with Crippen molar-refractivity contribution in [3.8, 4) is 0 Å². The fourth-order valence-electron chi connectivity index (χ4n) is 4.59. The number of aliphatic carboxylic acids is 1. The first-order valence-electron chi connectivity index (χ1n) is 9.80. The van der Waals surface area contributed by atoms with E-state index in [-0.39, 0.29) is 23.8 Å². The molecule has 0 radical (unpaired) electrons. The molecular weight excluding hydrogens is 344 g/mol. The molecule has 0 bridgehead atoms. The minimum absolute atomic E-state index is 0.00758. The summed E-state index contributed by atoms with van der Waals surface area (Å²) >= 11 is 0. The summed E-state index contributed by atoms with van der Waals surface area (Å²) in [5, 5.41) is 9.82. The van der Waals surface area contributed by atoms with Gasteiger partial charge in [0.05, 0.1) is 5.92 Å². The van der Waals surface area contributed by atoms with Crippen molar-refractivity contribution in [2.75, 3.05) is 39.4 Å². The highest BCUT2D eigenvalue weighted by Crippen LogP contribution is 2.45. The predicted molar refractivity (Wildman–Crippen MR) is 102 cm³/mol. The fourth-order valence-corrected chi connectivity index (χ4v) is 4.59. The van der Waals surface area contributed by atoms with Gasteiger partial charge in [0.2, 0.25) is 5.91 Å². The number of nitrogens with zero attached hydrogens (tertiary/aromatic N) is 2. The van der Waals surface area contributed by atoms with Gasteiger partial charge in [0, 0.05) is 44.7 Å². The van der Waals surface area contributed by atoms with Crippen LogP contribution in [0.5, 0.6) is 0 Å². The Bertz CT molecular complexity index is 683. The molecular formula is C21H30N2O4. The molecule has 2 aliphatic rings. The standard InChI is InChI=1S/C21H30N2O4/c1-3-27-14-19(24)23-9-7-21(8-10-23)15-22(13-18(21)20(25)26)12-17-6-4-5-16(2)11-17/h4-6,11,18H,3,7-10,12-15H2,1-2H3,(H,25,26). The van der Waals surface area contributed by atoms with E-state index in [9.17, 15) is 14.7 Å². The molecule has 1 N–H and O–H groups in total. The summed E-state index contributed by atoms with van der Waals surface area (Å²) in [7, 11) is 0. The van der Waals surface area contributed by atoms with Crippen LogP contribution in [-0.4, -0.2) is 66.2 Å². The van der Waals surface area contributed by atoms with Gasteiger partial charge in [0.1, 0.15) is 6.61 Å². The van der Waals surface area contributed by atoms with Gasteiger partial charge < -0.3 is 14.7 Å². The summed E-state index contributed by atoms with van der Waals surface area (Å²) in [4.78, 5) is 28.2. The van der Waals surface area contributed by atoms with Crippen LogP contribution in [0.25, 0.3) is 0 Å². The van der Waals surface area contributed by atoms with Crippen LogP contribution < -0.4 is 0 Å². The highest BCUT2D eigenvalue weighted by atomic mass is 16.5. The molecule has 1 spiro atoms. The number of piperidine rings is 1. The lowest BCUT2D eigenvalue weighted by Crippen LogP contribution is -2.48. The Kier molecular flexibility index (Phi) is 6.17. The lowest BCUT2D eigenvalue weighted by Gasteiger charge is -2.41. The van der Waals surface area contributed by atoms with E-state index in [1.54, 1.807) is 0 Å². The number of ether oxygens (including phenoxy) is 1. The molecule has 2 fully saturated rings. The molecule has 0 saturated carbocycles. The van der Waals surface area contributed by atoms with Gasteiger partial charge in [0.15, 0.2) is 0 Å². The highest BCUT2D eigenvalue weighted by Gasteiger charge is 2.51. The fraction of sp³-hybridized carbons (Fsp3) is 0.619. The van der Waals surface area contributed by atoms with Gasteiger partial charge in [-0.05, 0) is 32.3 Å². The van der Waals surface area contributed by atoms with Crippen molar-refractivity contribution in [3.05, 3.63) is 35.4 Å². The first kappa shape index (κ1) is 19.8. The van der Waals surface area contributed by atoms with E-state index in [0.717, 1.165) is 25.9 Å². The molecule has 3 rings (SSSR count). The van der Waals surface area contributed by atoms with Gasteiger partial charge in [-0.15, -0.1) is 0 Å². The van der Waals surface area contributed by atoms with Crippen LogP contribution in [0, 0.1) is 18.3 Å². The number of amides is 1. The van der Waals surface area contributed by atoms with Gasteiger partial charge in [-0.25, -0.2) is 0 Å². The number of hydrogen-bond acceptors (Lipinski definition) is 4. The average Bonchev–Trinajstić information content (AvgIpc) is 2.98. The van der Waals surface area contributed by atoms with Crippen LogP contribution in [0.3, 0.4) is 0 Å². The maximum absolute atomic E-state index is 12.2. The quantitative estimate of drug-likeness (QED) is 0.826. The Labute approximate surface area is 161 Å². The van der Waals surface area contributed by atoms with Crippen LogP contribution >= 0.6 is 0 Å². The number of aryl methyl sites for hydroxylation is 1. The summed E-state index contributed by atoms with van der Waals surface area (Å²) in [6.07, 6.45) is 1.48. The number of likely N-dealkylation sites (tertiary alicyclic amines) is 2. The Morgan fingerprint density at radius 1 is 1.30 bits per heavy atom. The van der Waals surface area contributed by atoms with E-state index < -0.39 is 5.97 Å². The summed E-state index contributed by atoms with van der Waals surface area (Å²) in [5.74, 6) is -1.07. The van der Waals surface area contributed by atoms with Crippen LogP contribution in [0.15, 0.2) is 24.3 Å². The minimum Gasteiger partial charge on any atom is -0.481 e. The van der Waals surface area contributed by atoms with Gasteiger partial charge >= 0.3 is 5.97 Å². The van der Waals surface area contributed by atoms with Crippen molar-refractivity contribution in [3.63, 3.8) is 0 Å². The Morgan fingerprint density at radius 3 is 2.67 bits per heavy atom. The third-order valence-corrected chi connectivity index (χ3v) is 6.05. The molecule has 0 aromatic heterocycles. The lowest BCUT2D eigenvalue weighted by atomic mass is 9.71. The highest BCUT2D eigenvalue weighted by molar-refractivity contribution is 5.77. The van der Waals surface area contributed by atoms with E-state index in [1.165, 1.54) is 11.1 Å². The third kappa shape index (κ3) is 4.50. The molecule has 1 amide bonds. The molecule has 2 heterocycles. The first-order valence-corrected chi connectivity index (χ1v) is 9.80. The number of rotatable bonds is 6. The van der Waals surface area contributed by atoms with Gasteiger partial charge in [-0.3, -0.25) is 14.5 Å². The maximum Gasteiger partial charge on any atom is 0.308 e. The smallest absolute Gasteiger partial charge is 0.308 e. The van der Waals surface area contributed by atoms with Crippen molar-refractivity contribution in [1.29, 1.82) is 0 Å². The summed E-state index contributed by atoms with van der Waals surface area (Å²) in [6.45, 7) is 7.97. The summed E-state index contributed by atoms with van der Waals surface area (Å²) < 4.78 is 5.22. The topological polar surface area (TPSA) is 70.1 Å². The Morgan fingerprint density at radius 2 is 2.04 bits per heavy atom. The molecule has 0 aliphatic carbocycles. The number of hydrogen-bond donors (Lipinski definition) is 1. The minimum atomic E-state index is -0.712. The molecule has 2 aliphatic heterocycles. The summed E-state index contributed by atoms with van der Waals surface area (Å²) in [5.41, 5.74) is 2.20. The van der Waals surface area contributed by atoms with E-state index in [4.69, 9.17) is 4.74 Å². The number of carbonyl (C=O) groups excluding carboxylic acids is 1. The van der Waals surface area contributed by atoms with E-state index in [2.05, 4.69) is 30.0 Å². The number of carboxylic acids is 1. The van der Waals surface area contributed by atoms with Crippen molar-refractivity contribution < 1.29 is 19.4 Å².